The molecule has 0 unspecified atom stereocenters. The Hall–Kier alpha value is -3.19. The maximum Gasteiger partial charge on any atom is 0.228 e. The summed E-state index contributed by atoms with van der Waals surface area (Å²) in [6.07, 6.45) is 1.30. The Morgan fingerprint density at radius 1 is 1.09 bits per heavy atom. The Morgan fingerprint density at radius 2 is 1.84 bits per heavy atom. The first kappa shape index (κ1) is 22.0. The molecule has 0 aliphatic carbocycles. The molecule has 0 atom stereocenters. The minimum Gasteiger partial charge on any atom is -0.367 e. The molecule has 0 bridgehead atoms. The molecule has 1 aromatic heterocycles. The summed E-state index contributed by atoms with van der Waals surface area (Å²) >= 11 is 1.33. The average Bonchev–Trinajstić information content (AvgIpc) is 3.40. The van der Waals surface area contributed by atoms with Gasteiger partial charge in [-0.1, -0.05) is 56.3 Å². The Morgan fingerprint density at radius 3 is 2.62 bits per heavy atom. The molecule has 7 heteroatoms. The number of aromatic nitrogens is 1. The van der Waals surface area contributed by atoms with Crippen molar-refractivity contribution in [2.24, 2.45) is 5.92 Å². The second-order valence-electron chi connectivity index (χ2n) is 8.36. The van der Waals surface area contributed by atoms with Gasteiger partial charge in [-0.25, -0.2) is 4.98 Å². The fourth-order valence-electron chi connectivity index (χ4n) is 3.68. The van der Waals surface area contributed by atoms with E-state index in [-0.39, 0.29) is 24.2 Å². The van der Waals surface area contributed by atoms with Crippen LogP contribution >= 0.6 is 11.3 Å². The molecule has 2 aromatic carbocycles. The lowest BCUT2D eigenvalue weighted by Gasteiger charge is -2.19. The van der Waals surface area contributed by atoms with Crippen molar-refractivity contribution in [3.05, 3.63) is 76.3 Å². The van der Waals surface area contributed by atoms with E-state index in [1.165, 1.54) is 28.2 Å². The van der Waals surface area contributed by atoms with E-state index in [2.05, 4.69) is 69.0 Å². The first-order chi connectivity index (χ1) is 15.5. The summed E-state index contributed by atoms with van der Waals surface area (Å²) < 4.78 is 0. The maximum atomic E-state index is 12.3. The number of rotatable bonds is 8. The number of anilines is 2. The number of carbonyl (C=O) groups is 2. The van der Waals surface area contributed by atoms with Crippen LogP contribution in [0.4, 0.5) is 10.8 Å². The van der Waals surface area contributed by atoms with Gasteiger partial charge in [-0.05, 0) is 29.2 Å². The number of thiazole rings is 1. The molecular formula is C25H28N4O2S. The van der Waals surface area contributed by atoms with E-state index in [9.17, 15) is 9.59 Å². The van der Waals surface area contributed by atoms with Crippen LogP contribution in [0, 0.1) is 5.92 Å². The fraction of sp³-hybridized carbons (Fsp3) is 0.320. The number of hydrogen-bond donors (Lipinski definition) is 2. The van der Waals surface area contributed by atoms with Gasteiger partial charge in [-0.3, -0.25) is 9.59 Å². The number of benzene rings is 2. The smallest absolute Gasteiger partial charge is 0.228 e. The zero-order chi connectivity index (χ0) is 22.5. The second kappa shape index (κ2) is 9.96. The zero-order valence-corrected chi connectivity index (χ0v) is 19.2. The number of nitrogens with one attached hydrogen (secondary N) is 2. The topological polar surface area (TPSA) is 74.3 Å². The molecule has 0 saturated carbocycles. The summed E-state index contributed by atoms with van der Waals surface area (Å²) in [5, 5.41) is 8.05. The molecule has 4 rings (SSSR count). The molecule has 2 amide bonds. The van der Waals surface area contributed by atoms with E-state index in [1.807, 2.05) is 13.8 Å². The van der Waals surface area contributed by atoms with Crippen LogP contribution in [0.3, 0.4) is 0 Å². The minimum absolute atomic E-state index is 0.0762. The third kappa shape index (κ3) is 5.53. The average molecular weight is 449 g/mol. The van der Waals surface area contributed by atoms with E-state index < -0.39 is 0 Å². The van der Waals surface area contributed by atoms with Crippen LogP contribution in [0.15, 0.2) is 53.9 Å². The maximum absolute atomic E-state index is 12.3. The third-order valence-corrected chi connectivity index (χ3v) is 6.32. The van der Waals surface area contributed by atoms with Crippen LogP contribution in [0.1, 0.15) is 36.2 Å². The number of amides is 2. The standard InChI is InChI=1S/C25H28N4O2S/c1-17(2)24(31)28-25-27-21(16-32-25)13-23(30)26-14-18-7-9-19(10-8-18)15-29-12-11-20-5-3-4-6-22(20)29/h3-10,16-17H,11-15H2,1-2H3,(H,26,30)(H,27,28,31). The molecule has 0 fully saturated rings. The summed E-state index contributed by atoms with van der Waals surface area (Å²) in [5.41, 5.74) is 5.73. The van der Waals surface area contributed by atoms with Gasteiger partial charge < -0.3 is 15.5 Å². The highest BCUT2D eigenvalue weighted by atomic mass is 32.1. The predicted molar refractivity (Wildman–Crippen MR) is 129 cm³/mol. The van der Waals surface area contributed by atoms with Crippen LogP contribution in [-0.4, -0.2) is 23.3 Å². The lowest BCUT2D eigenvalue weighted by atomic mass is 10.1. The van der Waals surface area contributed by atoms with Gasteiger partial charge in [-0.15, -0.1) is 11.3 Å². The molecule has 32 heavy (non-hydrogen) atoms. The van der Waals surface area contributed by atoms with Crippen LogP contribution in [-0.2, 0) is 35.5 Å². The van der Waals surface area contributed by atoms with Crippen LogP contribution < -0.4 is 15.5 Å². The normalized spacial score (nSPS) is 12.7. The molecule has 2 N–H and O–H groups in total. The van der Waals surface area contributed by atoms with Gasteiger partial charge in [0.05, 0.1) is 12.1 Å². The van der Waals surface area contributed by atoms with Crippen molar-refractivity contribution in [2.45, 2.75) is 39.8 Å². The summed E-state index contributed by atoms with van der Waals surface area (Å²) in [6, 6.07) is 17.0. The van der Waals surface area contributed by atoms with Gasteiger partial charge >= 0.3 is 0 Å². The van der Waals surface area contributed by atoms with Crippen molar-refractivity contribution in [1.82, 2.24) is 10.3 Å². The minimum atomic E-state index is -0.108. The van der Waals surface area contributed by atoms with Crippen LogP contribution in [0.2, 0.25) is 0 Å². The number of hydrogen-bond acceptors (Lipinski definition) is 5. The summed E-state index contributed by atoms with van der Waals surface area (Å²) in [5.74, 6) is -0.272. The van der Waals surface area contributed by atoms with Gasteiger partial charge in [0.25, 0.3) is 0 Å². The number of para-hydroxylation sites is 1. The summed E-state index contributed by atoms with van der Waals surface area (Å²) in [4.78, 5) is 30.8. The second-order valence-corrected chi connectivity index (χ2v) is 9.22. The molecular weight excluding hydrogens is 420 g/mol. The Kier molecular flexibility index (Phi) is 6.85. The van der Waals surface area contributed by atoms with Crippen molar-refractivity contribution in [3.63, 3.8) is 0 Å². The molecule has 0 saturated heterocycles. The van der Waals surface area contributed by atoms with Crippen LogP contribution in [0.25, 0.3) is 0 Å². The van der Waals surface area contributed by atoms with E-state index in [0.29, 0.717) is 17.4 Å². The third-order valence-electron chi connectivity index (χ3n) is 5.52. The van der Waals surface area contributed by atoms with Gasteiger partial charge in [0, 0.05) is 36.6 Å². The van der Waals surface area contributed by atoms with Crippen molar-refractivity contribution in [3.8, 4) is 0 Å². The highest BCUT2D eigenvalue weighted by Gasteiger charge is 2.18. The largest absolute Gasteiger partial charge is 0.367 e. The van der Waals surface area contributed by atoms with Crippen molar-refractivity contribution >= 4 is 34.0 Å². The Bertz CT molecular complexity index is 1090. The van der Waals surface area contributed by atoms with Crippen LogP contribution in [0.5, 0.6) is 0 Å². The van der Waals surface area contributed by atoms with Gasteiger partial charge in [0.1, 0.15) is 0 Å². The van der Waals surface area contributed by atoms with Gasteiger partial charge in [-0.2, -0.15) is 0 Å². The molecule has 2 heterocycles. The summed E-state index contributed by atoms with van der Waals surface area (Å²) in [7, 11) is 0. The molecule has 0 spiro atoms. The number of nitrogens with zero attached hydrogens (tertiary/aromatic N) is 2. The van der Waals surface area contributed by atoms with Gasteiger partial charge in [0.15, 0.2) is 5.13 Å². The van der Waals surface area contributed by atoms with Crippen molar-refractivity contribution < 1.29 is 9.59 Å². The SMILES string of the molecule is CC(C)C(=O)Nc1nc(CC(=O)NCc2ccc(CN3CCc4ccccc43)cc2)cs1. The first-order valence-electron chi connectivity index (χ1n) is 10.9. The number of carbonyl (C=O) groups excluding carboxylic acids is 2. The summed E-state index contributed by atoms with van der Waals surface area (Å²) in [6.45, 7) is 6.08. The molecule has 6 nitrogen and oxygen atoms in total. The van der Waals surface area contributed by atoms with Crippen molar-refractivity contribution in [2.75, 3.05) is 16.8 Å². The molecule has 1 aliphatic heterocycles. The quantitative estimate of drug-likeness (QED) is 0.543. The van der Waals surface area contributed by atoms with E-state index in [1.54, 1.807) is 5.38 Å². The molecule has 3 aromatic rings. The Labute approximate surface area is 192 Å². The van der Waals surface area contributed by atoms with E-state index in [4.69, 9.17) is 0 Å². The first-order valence-corrected chi connectivity index (χ1v) is 11.8. The number of fused-ring (bicyclic) bond motifs is 1. The molecule has 0 radical (unpaired) electrons. The van der Waals surface area contributed by atoms with Gasteiger partial charge in [0.2, 0.25) is 11.8 Å². The Balaban J connectivity index is 1.24. The van der Waals surface area contributed by atoms with E-state index in [0.717, 1.165) is 25.1 Å². The van der Waals surface area contributed by atoms with E-state index >= 15 is 0 Å². The lowest BCUT2D eigenvalue weighted by Crippen LogP contribution is -2.24. The monoisotopic (exact) mass is 448 g/mol. The molecule has 1 aliphatic rings. The predicted octanol–water partition coefficient (Wildman–Crippen LogP) is 4.16. The zero-order valence-electron chi connectivity index (χ0n) is 18.4. The fourth-order valence-corrected chi connectivity index (χ4v) is 4.39. The van der Waals surface area contributed by atoms with Crippen molar-refractivity contribution in [1.29, 1.82) is 0 Å². The highest BCUT2D eigenvalue weighted by Crippen LogP contribution is 2.28. The molecule has 166 valence electrons. The lowest BCUT2D eigenvalue weighted by molar-refractivity contribution is -0.120. The highest BCUT2D eigenvalue weighted by molar-refractivity contribution is 7.13.